The summed E-state index contributed by atoms with van der Waals surface area (Å²) < 4.78 is 7.35. The third-order valence-corrected chi connectivity index (χ3v) is 3.93. The lowest BCUT2D eigenvalue weighted by Crippen LogP contribution is -2.43. The molecule has 1 aromatic carbocycles. The molecule has 1 saturated heterocycles. The van der Waals surface area contributed by atoms with Crippen LogP contribution in [0.25, 0.3) is 11.0 Å². The zero-order valence-electron chi connectivity index (χ0n) is 13.8. The molecule has 1 atom stereocenters. The van der Waals surface area contributed by atoms with Crippen molar-refractivity contribution in [1.82, 2.24) is 19.9 Å². The number of nitrogens with two attached hydrogens (primary N) is 1. The second kappa shape index (κ2) is 5.72. The van der Waals surface area contributed by atoms with Gasteiger partial charge in [0.1, 0.15) is 11.1 Å². The van der Waals surface area contributed by atoms with Crippen LogP contribution in [0, 0.1) is 0 Å². The van der Waals surface area contributed by atoms with Crippen LogP contribution in [0.3, 0.4) is 0 Å². The number of carbonyl (C=O) groups excluding carboxylic acids is 1. The summed E-state index contributed by atoms with van der Waals surface area (Å²) in [5, 5.41) is 8.43. The van der Waals surface area contributed by atoms with Gasteiger partial charge in [-0.2, -0.15) is 0 Å². The molecule has 7 nitrogen and oxygen atoms in total. The summed E-state index contributed by atoms with van der Waals surface area (Å²) in [4.78, 5) is 14.0. The molecule has 1 fully saturated rings. The van der Waals surface area contributed by atoms with Gasteiger partial charge in [-0.3, -0.25) is 0 Å². The molecule has 1 amide bonds. The number of ether oxygens (including phenoxy) is 1. The Morgan fingerprint density at radius 1 is 1.39 bits per heavy atom. The minimum absolute atomic E-state index is 0.0862. The van der Waals surface area contributed by atoms with Crippen LogP contribution in [0.4, 0.5) is 10.5 Å². The van der Waals surface area contributed by atoms with E-state index in [9.17, 15) is 4.79 Å². The van der Waals surface area contributed by atoms with Crippen LogP contribution in [0.2, 0.25) is 0 Å². The number of rotatable bonds is 1. The lowest BCUT2D eigenvalue weighted by molar-refractivity contribution is 0.0168. The van der Waals surface area contributed by atoms with Crippen molar-refractivity contribution in [2.75, 3.05) is 18.8 Å². The summed E-state index contributed by atoms with van der Waals surface area (Å²) in [5.41, 5.74) is 7.69. The molecule has 0 spiro atoms. The molecule has 2 aromatic rings. The molecule has 3 rings (SSSR count). The van der Waals surface area contributed by atoms with Gasteiger partial charge in [-0.05, 0) is 45.7 Å². The highest BCUT2D eigenvalue weighted by molar-refractivity contribution is 5.86. The van der Waals surface area contributed by atoms with Gasteiger partial charge in [0.05, 0.1) is 17.2 Å². The lowest BCUT2D eigenvalue weighted by atomic mass is 10.1. The highest BCUT2D eigenvalue weighted by Crippen LogP contribution is 2.27. The Bertz CT molecular complexity index is 719. The van der Waals surface area contributed by atoms with Crippen molar-refractivity contribution in [3.8, 4) is 0 Å². The Balaban J connectivity index is 1.80. The Hall–Kier alpha value is -2.31. The smallest absolute Gasteiger partial charge is 0.410 e. The van der Waals surface area contributed by atoms with Crippen molar-refractivity contribution in [3.63, 3.8) is 0 Å². The van der Waals surface area contributed by atoms with E-state index in [4.69, 9.17) is 10.5 Å². The maximum atomic E-state index is 12.3. The summed E-state index contributed by atoms with van der Waals surface area (Å²) in [6, 6.07) is 5.75. The molecule has 124 valence electrons. The largest absolute Gasteiger partial charge is 0.444 e. The first-order valence-electron chi connectivity index (χ1n) is 7.92. The second-order valence-corrected chi connectivity index (χ2v) is 6.97. The van der Waals surface area contributed by atoms with Crippen LogP contribution in [0.5, 0.6) is 0 Å². The molecule has 7 heteroatoms. The molecule has 0 saturated carbocycles. The summed E-state index contributed by atoms with van der Waals surface area (Å²) in [7, 11) is 0. The maximum absolute atomic E-state index is 12.3. The van der Waals surface area contributed by atoms with E-state index >= 15 is 0 Å². The van der Waals surface area contributed by atoms with E-state index in [0.717, 1.165) is 18.4 Å². The van der Waals surface area contributed by atoms with Crippen LogP contribution >= 0.6 is 0 Å². The number of likely N-dealkylation sites (tertiary alicyclic amines) is 1. The van der Waals surface area contributed by atoms with E-state index in [-0.39, 0.29) is 12.1 Å². The quantitative estimate of drug-likeness (QED) is 0.817. The molecule has 1 aromatic heterocycles. The van der Waals surface area contributed by atoms with E-state index in [1.807, 2.05) is 43.7 Å². The van der Waals surface area contributed by atoms with Crippen molar-refractivity contribution >= 4 is 22.8 Å². The zero-order chi connectivity index (χ0) is 16.6. The summed E-state index contributed by atoms with van der Waals surface area (Å²) >= 11 is 0. The third kappa shape index (κ3) is 3.23. The van der Waals surface area contributed by atoms with Crippen molar-refractivity contribution in [2.24, 2.45) is 0 Å². The number of piperidine rings is 1. The van der Waals surface area contributed by atoms with E-state index in [2.05, 4.69) is 10.3 Å². The molecule has 1 unspecified atom stereocenters. The van der Waals surface area contributed by atoms with E-state index in [0.29, 0.717) is 24.3 Å². The molecule has 2 N–H and O–H groups in total. The van der Waals surface area contributed by atoms with E-state index < -0.39 is 5.60 Å². The van der Waals surface area contributed by atoms with Gasteiger partial charge in [0, 0.05) is 13.1 Å². The predicted octanol–water partition coefficient (Wildman–Crippen LogP) is 2.59. The minimum atomic E-state index is -0.488. The third-order valence-electron chi connectivity index (χ3n) is 3.93. The second-order valence-electron chi connectivity index (χ2n) is 6.97. The number of anilines is 1. The van der Waals surface area contributed by atoms with Crippen LogP contribution in [-0.4, -0.2) is 44.7 Å². The van der Waals surface area contributed by atoms with Crippen molar-refractivity contribution in [2.45, 2.75) is 45.3 Å². The predicted molar refractivity (Wildman–Crippen MR) is 88.0 cm³/mol. The first kappa shape index (κ1) is 15.6. The number of aromatic nitrogens is 3. The van der Waals surface area contributed by atoms with Gasteiger partial charge in [-0.15, -0.1) is 5.10 Å². The van der Waals surface area contributed by atoms with Gasteiger partial charge in [-0.1, -0.05) is 11.3 Å². The highest BCUT2D eigenvalue weighted by Gasteiger charge is 2.29. The Kier molecular flexibility index (Phi) is 3.87. The van der Waals surface area contributed by atoms with E-state index in [1.54, 1.807) is 4.90 Å². The number of carbonyl (C=O) groups is 1. The Morgan fingerprint density at radius 2 is 2.17 bits per heavy atom. The van der Waals surface area contributed by atoms with Crippen molar-refractivity contribution in [1.29, 1.82) is 0 Å². The highest BCUT2D eigenvalue weighted by atomic mass is 16.6. The van der Waals surface area contributed by atoms with Gasteiger partial charge in [0.25, 0.3) is 0 Å². The number of hydrogen-bond acceptors (Lipinski definition) is 5. The Labute approximate surface area is 135 Å². The molecule has 0 bridgehead atoms. The number of benzene rings is 1. The monoisotopic (exact) mass is 317 g/mol. The molecule has 1 aliphatic heterocycles. The Morgan fingerprint density at radius 3 is 2.91 bits per heavy atom. The first-order valence-corrected chi connectivity index (χ1v) is 7.92. The van der Waals surface area contributed by atoms with Gasteiger partial charge in [0.2, 0.25) is 0 Å². The number of nitrogen functional groups attached to an aromatic ring is 1. The van der Waals surface area contributed by atoms with Crippen LogP contribution in [0.1, 0.15) is 39.7 Å². The van der Waals surface area contributed by atoms with Gasteiger partial charge >= 0.3 is 6.09 Å². The number of amides is 1. The fourth-order valence-electron chi connectivity index (χ4n) is 2.90. The molecular weight excluding hydrogens is 294 g/mol. The summed E-state index contributed by atoms with van der Waals surface area (Å²) in [5.74, 6) is 0. The molecular formula is C16H23N5O2. The maximum Gasteiger partial charge on any atom is 0.410 e. The van der Waals surface area contributed by atoms with Gasteiger partial charge in [-0.25, -0.2) is 9.48 Å². The molecule has 23 heavy (non-hydrogen) atoms. The SMILES string of the molecule is CC(C)(C)OC(=O)N1CCCC(n2nnc3c(N)cccc32)C1. The normalized spacial score (nSPS) is 19.1. The number of hydrogen-bond donors (Lipinski definition) is 1. The molecule has 1 aliphatic rings. The van der Waals surface area contributed by atoms with Gasteiger partial charge < -0.3 is 15.4 Å². The topological polar surface area (TPSA) is 86.3 Å². The standard InChI is InChI=1S/C16H23N5O2/c1-16(2,3)23-15(22)20-9-5-6-11(10-20)21-13-8-4-7-12(17)14(13)18-19-21/h4,7-8,11H,5-6,9-10,17H2,1-3H3. The van der Waals surface area contributed by atoms with Crippen LogP contribution in [-0.2, 0) is 4.74 Å². The van der Waals surface area contributed by atoms with Crippen molar-refractivity contribution in [3.05, 3.63) is 18.2 Å². The fourth-order valence-corrected chi connectivity index (χ4v) is 2.90. The van der Waals surface area contributed by atoms with Crippen LogP contribution < -0.4 is 5.73 Å². The minimum Gasteiger partial charge on any atom is -0.444 e. The first-order chi connectivity index (χ1) is 10.8. The van der Waals surface area contributed by atoms with Crippen LogP contribution in [0.15, 0.2) is 18.2 Å². The molecule has 2 heterocycles. The molecule has 0 radical (unpaired) electrons. The van der Waals surface area contributed by atoms with Gasteiger partial charge in [0.15, 0.2) is 0 Å². The lowest BCUT2D eigenvalue weighted by Gasteiger charge is -2.34. The zero-order valence-corrected chi connectivity index (χ0v) is 13.8. The average molecular weight is 317 g/mol. The summed E-state index contributed by atoms with van der Waals surface area (Å²) in [6.45, 7) is 6.91. The number of nitrogens with zero attached hydrogens (tertiary/aromatic N) is 4. The fraction of sp³-hybridized carbons (Fsp3) is 0.562. The number of fused-ring (bicyclic) bond motifs is 1. The molecule has 0 aliphatic carbocycles. The average Bonchev–Trinajstić information content (AvgIpc) is 2.91. The van der Waals surface area contributed by atoms with Crippen molar-refractivity contribution < 1.29 is 9.53 Å². The summed E-state index contributed by atoms with van der Waals surface area (Å²) in [6.07, 6.45) is 1.59. The van der Waals surface area contributed by atoms with E-state index in [1.165, 1.54) is 0 Å².